The number of ether oxygens (including phenoxy) is 1. The van der Waals surface area contributed by atoms with Crippen LogP contribution in [0.3, 0.4) is 0 Å². The first-order valence-electron chi connectivity index (χ1n) is 9.88. The number of nitrogens with one attached hydrogen (secondary N) is 2. The summed E-state index contributed by atoms with van der Waals surface area (Å²) < 4.78 is 6.07. The molecule has 4 aromatic rings. The topological polar surface area (TPSA) is 102 Å². The monoisotopic (exact) mass is 401 g/mol. The highest BCUT2D eigenvalue weighted by molar-refractivity contribution is 5.58. The number of nitrogens with zero attached hydrogens (tertiary/aromatic N) is 5. The number of hydrogen-bond donors (Lipinski definition) is 2. The molecule has 2 N–H and O–H groups in total. The van der Waals surface area contributed by atoms with E-state index in [-0.39, 0.29) is 0 Å². The van der Waals surface area contributed by atoms with E-state index in [0.717, 1.165) is 42.1 Å². The van der Waals surface area contributed by atoms with Crippen LogP contribution in [0, 0.1) is 6.92 Å². The van der Waals surface area contributed by atoms with Crippen LogP contribution in [0.1, 0.15) is 29.7 Å². The number of anilines is 2. The van der Waals surface area contributed by atoms with E-state index in [9.17, 15) is 0 Å². The number of tetrazole rings is 1. The van der Waals surface area contributed by atoms with Gasteiger partial charge in [0, 0.05) is 30.1 Å². The van der Waals surface area contributed by atoms with Gasteiger partial charge in [0.15, 0.2) is 5.82 Å². The molecule has 0 unspecified atom stereocenters. The van der Waals surface area contributed by atoms with E-state index in [2.05, 4.69) is 55.0 Å². The first-order valence-corrected chi connectivity index (χ1v) is 9.88. The van der Waals surface area contributed by atoms with Gasteiger partial charge in [-0.05, 0) is 55.7 Å². The van der Waals surface area contributed by atoms with Gasteiger partial charge in [0.25, 0.3) is 0 Å². The SMILES string of the molecule is CCc1nc(C)ccc1Oc1ccnc(Nc2cccc(CCc3nn[nH]n3)c2)c1. The smallest absolute Gasteiger partial charge is 0.174 e. The Kier molecular flexibility index (Phi) is 5.93. The van der Waals surface area contributed by atoms with Gasteiger partial charge in [-0.25, -0.2) is 4.98 Å². The zero-order valence-corrected chi connectivity index (χ0v) is 17.0. The van der Waals surface area contributed by atoms with E-state index in [1.807, 2.05) is 43.3 Å². The highest BCUT2D eigenvalue weighted by atomic mass is 16.5. The molecule has 152 valence electrons. The molecule has 1 aromatic carbocycles. The molecule has 3 aromatic heterocycles. The molecule has 0 bridgehead atoms. The predicted octanol–water partition coefficient (Wildman–Crippen LogP) is 4.18. The van der Waals surface area contributed by atoms with Crippen LogP contribution >= 0.6 is 0 Å². The molecule has 0 radical (unpaired) electrons. The van der Waals surface area contributed by atoms with Crippen LogP contribution in [-0.4, -0.2) is 30.6 Å². The molecule has 30 heavy (non-hydrogen) atoms. The normalized spacial score (nSPS) is 10.7. The zero-order valence-electron chi connectivity index (χ0n) is 17.0. The molecule has 8 heteroatoms. The Morgan fingerprint density at radius 1 is 1.07 bits per heavy atom. The van der Waals surface area contributed by atoms with Crippen molar-refractivity contribution in [2.24, 2.45) is 0 Å². The van der Waals surface area contributed by atoms with Crippen molar-refractivity contribution < 1.29 is 4.74 Å². The minimum Gasteiger partial charge on any atom is -0.455 e. The maximum absolute atomic E-state index is 6.07. The van der Waals surface area contributed by atoms with E-state index >= 15 is 0 Å². The molecule has 3 heterocycles. The van der Waals surface area contributed by atoms with Gasteiger partial charge in [-0.15, -0.1) is 10.2 Å². The summed E-state index contributed by atoms with van der Waals surface area (Å²) in [7, 11) is 0. The number of hydrogen-bond acceptors (Lipinski definition) is 7. The zero-order chi connectivity index (χ0) is 20.8. The minimum atomic E-state index is 0.705. The van der Waals surface area contributed by atoms with Gasteiger partial charge in [-0.3, -0.25) is 4.98 Å². The van der Waals surface area contributed by atoms with Crippen LogP contribution in [0.15, 0.2) is 54.7 Å². The lowest BCUT2D eigenvalue weighted by Crippen LogP contribution is -1.98. The fourth-order valence-corrected chi connectivity index (χ4v) is 3.11. The van der Waals surface area contributed by atoms with Gasteiger partial charge in [0.05, 0.1) is 5.69 Å². The average Bonchev–Trinajstić information content (AvgIpc) is 3.28. The lowest BCUT2D eigenvalue weighted by Gasteiger charge is -2.12. The second-order valence-electron chi connectivity index (χ2n) is 6.88. The van der Waals surface area contributed by atoms with Gasteiger partial charge in [-0.2, -0.15) is 5.21 Å². The van der Waals surface area contributed by atoms with Crippen LogP contribution in [0.5, 0.6) is 11.5 Å². The summed E-state index contributed by atoms with van der Waals surface area (Å²) in [5.41, 5.74) is 4.05. The highest BCUT2D eigenvalue weighted by Gasteiger charge is 2.07. The number of rotatable bonds is 8. The number of aromatic nitrogens is 6. The van der Waals surface area contributed by atoms with Crippen LogP contribution < -0.4 is 10.1 Å². The summed E-state index contributed by atoms with van der Waals surface area (Å²) in [5, 5.41) is 17.4. The van der Waals surface area contributed by atoms with Crippen molar-refractivity contribution in [2.45, 2.75) is 33.1 Å². The molecule has 0 spiro atoms. The van der Waals surface area contributed by atoms with Gasteiger partial charge < -0.3 is 10.1 Å². The van der Waals surface area contributed by atoms with Crippen LogP contribution in [0.2, 0.25) is 0 Å². The first-order chi connectivity index (χ1) is 14.7. The van der Waals surface area contributed by atoms with Gasteiger partial charge in [-0.1, -0.05) is 24.3 Å². The fraction of sp³-hybridized carbons (Fsp3) is 0.227. The summed E-state index contributed by atoms with van der Waals surface area (Å²) in [6.07, 6.45) is 4.09. The summed E-state index contributed by atoms with van der Waals surface area (Å²) in [5.74, 6) is 2.89. The van der Waals surface area contributed by atoms with Crippen molar-refractivity contribution in [2.75, 3.05) is 5.32 Å². The number of aryl methyl sites for hydroxylation is 4. The maximum atomic E-state index is 6.07. The Bertz CT molecular complexity index is 1110. The molecule has 8 nitrogen and oxygen atoms in total. The lowest BCUT2D eigenvalue weighted by atomic mass is 10.1. The maximum Gasteiger partial charge on any atom is 0.174 e. The first kappa shape index (κ1) is 19.5. The highest BCUT2D eigenvalue weighted by Crippen LogP contribution is 2.27. The van der Waals surface area contributed by atoms with Gasteiger partial charge in [0.2, 0.25) is 0 Å². The number of benzene rings is 1. The molecule has 0 aliphatic rings. The fourth-order valence-electron chi connectivity index (χ4n) is 3.11. The molecular weight excluding hydrogens is 378 g/mol. The summed E-state index contributed by atoms with van der Waals surface area (Å²) in [6.45, 7) is 4.05. The molecule has 0 saturated carbocycles. The van der Waals surface area contributed by atoms with Crippen molar-refractivity contribution in [1.29, 1.82) is 0 Å². The molecular formula is C22H23N7O. The predicted molar refractivity (Wildman–Crippen MR) is 114 cm³/mol. The van der Waals surface area contributed by atoms with Crippen molar-refractivity contribution in [3.05, 3.63) is 77.5 Å². The molecule has 0 aliphatic heterocycles. The number of aromatic amines is 1. The van der Waals surface area contributed by atoms with E-state index < -0.39 is 0 Å². The quantitative estimate of drug-likeness (QED) is 0.457. The van der Waals surface area contributed by atoms with E-state index in [4.69, 9.17) is 4.74 Å². The molecule has 4 rings (SSSR count). The Morgan fingerprint density at radius 3 is 2.83 bits per heavy atom. The molecule has 0 aliphatic carbocycles. The summed E-state index contributed by atoms with van der Waals surface area (Å²) in [4.78, 5) is 8.96. The van der Waals surface area contributed by atoms with E-state index in [0.29, 0.717) is 17.4 Å². The van der Waals surface area contributed by atoms with Crippen molar-refractivity contribution in [3.8, 4) is 11.5 Å². The number of pyridine rings is 2. The van der Waals surface area contributed by atoms with Crippen molar-refractivity contribution >= 4 is 11.5 Å². The average molecular weight is 401 g/mol. The van der Waals surface area contributed by atoms with Crippen molar-refractivity contribution in [3.63, 3.8) is 0 Å². The largest absolute Gasteiger partial charge is 0.455 e. The second-order valence-corrected chi connectivity index (χ2v) is 6.88. The second kappa shape index (κ2) is 9.13. The minimum absolute atomic E-state index is 0.705. The van der Waals surface area contributed by atoms with Gasteiger partial charge in [0.1, 0.15) is 17.3 Å². The van der Waals surface area contributed by atoms with E-state index in [1.165, 1.54) is 5.56 Å². The summed E-state index contributed by atoms with van der Waals surface area (Å²) in [6, 6.07) is 15.8. The molecule has 0 fully saturated rings. The summed E-state index contributed by atoms with van der Waals surface area (Å²) >= 11 is 0. The third kappa shape index (κ3) is 4.96. The Balaban J connectivity index is 1.45. The third-order valence-corrected chi connectivity index (χ3v) is 4.59. The lowest BCUT2D eigenvalue weighted by molar-refractivity contribution is 0.472. The Morgan fingerprint density at radius 2 is 2.00 bits per heavy atom. The molecule has 0 saturated heterocycles. The Hall–Kier alpha value is -3.81. The standard InChI is InChI=1S/C22H23N7O/c1-3-19-20(9-7-15(2)24-19)30-18-11-12-23-22(14-18)25-17-6-4-5-16(13-17)8-10-21-26-28-29-27-21/h4-7,9,11-14H,3,8,10H2,1-2H3,(H,23,25)(H,26,27,28,29). The van der Waals surface area contributed by atoms with Gasteiger partial charge >= 0.3 is 0 Å². The number of H-pyrrole nitrogens is 1. The van der Waals surface area contributed by atoms with Crippen molar-refractivity contribution in [1.82, 2.24) is 30.6 Å². The molecule has 0 atom stereocenters. The van der Waals surface area contributed by atoms with Crippen LogP contribution in [-0.2, 0) is 19.3 Å². The third-order valence-electron chi connectivity index (χ3n) is 4.59. The Labute approximate surface area is 174 Å². The van der Waals surface area contributed by atoms with E-state index in [1.54, 1.807) is 6.20 Å². The van der Waals surface area contributed by atoms with Crippen LogP contribution in [0.25, 0.3) is 0 Å². The van der Waals surface area contributed by atoms with Crippen LogP contribution in [0.4, 0.5) is 11.5 Å². The molecule has 0 amide bonds.